The molecule has 1 fully saturated rings. The van der Waals surface area contributed by atoms with Crippen molar-refractivity contribution in [3.05, 3.63) is 28.5 Å². The van der Waals surface area contributed by atoms with Gasteiger partial charge in [-0.15, -0.1) is 0 Å². The summed E-state index contributed by atoms with van der Waals surface area (Å²) in [5.41, 5.74) is 0.751. The van der Waals surface area contributed by atoms with Gasteiger partial charge in [-0.25, -0.2) is 4.39 Å². The highest BCUT2D eigenvalue weighted by Crippen LogP contribution is 2.28. The zero-order valence-corrected chi connectivity index (χ0v) is 9.60. The highest BCUT2D eigenvalue weighted by Gasteiger charge is 2.13. The normalized spacial score (nSPS) is 17.6. The van der Waals surface area contributed by atoms with Gasteiger partial charge in [0.05, 0.1) is 0 Å². The van der Waals surface area contributed by atoms with E-state index < -0.39 is 5.82 Å². The standard InChI is InChI=1S/C11H14ClFN2O/c12-11-9(13)5-8(6-10(11)16)7-15-3-1-14-2-4-15/h5-6,14,16H,1-4,7H2. The van der Waals surface area contributed by atoms with Gasteiger partial charge in [0.1, 0.15) is 16.6 Å². The number of piperazine rings is 1. The lowest BCUT2D eigenvalue weighted by Gasteiger charge is -2.27. The van der Waals surface area contributed by atoms with E-state index in [2.05, 4.69) is 10.2 Å². The number of rotatable bonds is 2. The Hall–Kier alpha value is -0.840. The van der Waals surface area contributed by atoms with Gasteiger partial charge in [0.15, 0.2) is 0 Å². The molecule has 2 N–H and O–H groups in total. The molecule has 1 saturated heterocycles. The molecule has 0 amide bonds. The minimum absolute atomic E-state index is 0.188. The highest BCUT2D eigenvalue weighted by molar-refractivity contribution is 6.32. The van der Waals surface area contributed by atoms with Crippen LogP contribution in [0, 0.1) is 5.82 Å². The average Bonchev–Trinajstić information content (AvgIpc) is 2.27. The predicted octanol–water partition coefficient (Wildman–Crippen LogP) is 1.59. The van der Waals surface area contributed by atoms with Crippen molar-refractivity contribution in [1.82, 2.24) is 10.2 Å². The minimum Gasteiger partial charge on any atom is -0.506 e. The van der Waals surface area contributed by atoms with Crippen molar-refractivity contribution in [2.24, 2.45) is 0 Å². The Bertz CT molecular complexity index is 357. The fourth-order valence-corrected chi connectivity index (χ4v) is 1.96. The quantitative estimate of drug-likeness (QED) is 0.830. The molecule has 0 aromatic heterocycles. The van der Waals surface area contributed by atoms with Gasteiger partial charge >= 0.3 is 0 Å². The van der Waals surface area contributed by atoms with Crippen molar-refractivity contribution >= 4 is 11.6 Å². The van der Waals surface area contributed by atoms with E-state index in [1.807, 2.05) is 0 Å². The molecule has 2 rings (SSSR count). The van der Waals surface area contributed by atoms with Crippen LogP contribution in [-0.4, -0.2) is 36.2 Å². The van der Waals surface area contributed by atoms with Crippen LogP contribution in [0.1, 0.15) is 5.56 Å². The first-order valence-corrected chi connectivity index (χ1v) is 5.64. The molecule has 88 valence electrons. The molecule has 16 heavy (non-hydrogen) atoms. The zero-order chi connectivity index (χ0) is 11.5. The number of nitrogens with one attached hydrogen (secondary N) is 1. The summed E-state index contributed by atoms with van der Waals surface area (Å²) in [4.78, 5) is 2.21. The van der Waals surface area contributed by atoms with Crippen LogP contribution in [0.2, 0.25) is 5.02 Å². The van der Waals surface area contributed by atoms with Gasteiger partial charge in [-0.05, 0) is 17.7 Å². The van der Waals surface area contributed by atoms with Crippen molar-refractivity contribution in [2.75, 3.05) is 26.2 Å². The summed E-state index contributed by atoms with van der Waals surface area (Å²) in [6.07, 6.45) is 0. The number of hydrogen-bond donors (Lipinski definition) is 2. The molecule has 0 saturated carbocycles. The topological polar surface area (TPSA) is 35.5 Å². The molecule has 0 radical (unpaired) electrons. The largest absolute Gasteiger partial charge is 0.506 e. The Kier molecular flexibility index (Phi) is 3.63. The summed E-state index contributed by atoms with van der Waals surface area (Å²) < 4.78 is 13.3. The number of hydrogen-bond acceptors (Lipinski definition) is 3. The van der Waals surface area contributed by atoms with Gasteiger partial charge in [0.25, 0.3) is 0 Å². The first-order valence-electron chi connectivity index (χ1n) is 5.27. The predicted molar refractivity (Wildman–Crippen MR) is 61.2 cm³/mol. The Labute approximate surface area is 98.8 Å². The number of phenols is 1. The monoisotopic (exact) mass is 244 g/mol. The van der Waals surface area contributed by atoms with Crippen molar-refractivity contribution < 1.29 is 9.50 Å². The summed E-state index contributed by atoms with van der Waals surface area (Å²) in [5, 5.41) is 12.4. The summed E-state index contributed by atoms with van der Waals surface area (Å²) in [6, 6.07) is 2.90. The van der Waals surface area contributed by atoms with Crippen molar-refractivity contribution in [3.63, 3.8) is 0 Å². The van der Waals surface area contributed by atoms with Gasteiger partial charge in [-0.2, -0.15) is 0 Å². The van der Waals surface area contributed by atoms with E-state index in [0.29, 0.717) is 6.54 Å². The van der Waals surface area contributed by atoms with E-state index in [1.165, 1.54) is 12.1 Å². The van der Waals surface area contributed by atoms with E-state index in [4.69, 9.17) is 11.6 Å². The first-order chi connectivity index (χ1) is 7.66. The second kappa shape index (κ2) is 4.99. The molecule has 5 heteroatoms. The van der Waals surface area contributed by atoms with Crippen LogP contribution in [0.3, 0.4) is 0 Å². The second-order valence-corrected chi connectivity index (χ2v) is 4.31. The molecule has 0 atom stereocenters. The molecule has 0 spiro atoms. The molecule has 0 bridgehead atoms. The van der Waals surface area contributed by atoms with E-state index in [1.54, 1.807) is 0 Å². The number of nitrogens with zero attached hydrogens (tertiary/aromatic N) is 1. The molecule has 0 unspecified atom stereocenters. The molecular weight excluding hydrogens is 231 g/mol. The Morgan fingerprint density at radius 1 is 1.38 bits per heavy atom. The van der Waals surface area contributed by atoms with Crippen molar-refractivity contribution in [2.45, 2.75) is 6.54 Å². The fraction of sp³-hybridized carbons (Fsp3) is 0.455. The number of phenolic OH excluding ortho intramolecular Hbond substituents is 1. The maximum absolute atomic E-state index is 13.3. The number of aromatic hydroxyl groups is 1. The summed E-state index contributed by atoms with van der Waals surface area (Å²) in [6.45, 7) is 4.41. The van der Waals surface area contributed by atoms with Crippen LogP contribution >= 0.6 is 11.6 Å². The molecule has 1 aliphatic rings. The van der Waals surface area contributed by atoms with E-state index >= 15 is 0 Å². The lowest BCUT2D eigenvalue weighted by Crippen LogP contribution is -2.42. The maximum Gasteiger partial charge on any atom is 0.145 e. The van der Waals surface area contributed by atoms with E-state index in [9.17, 15) is 9.50 Å². The highest BCUT2D eigenvalue weighted by atomic mass is 35.5. The van der Waals surface area contributed by atoms with Gasteiger partial charge in [0.2, 0.25) is 0 Å². The lowest BCUT2D eigenvalue weighted by molar-refractivity contribution is 0.232. The minimum atomic E-state index is -0.563. The maximum atomic E-state index is 13.3. The van der Waals surface area contributed by atoms with Crippen LogP contribution in [0.25, 0.3) is 0 Å². The van der Waals surface area contributed by atoms with Crippen LogP contribution in [0.5, 0.6) is 5.75 Å². The molecular formula is C11H14ClFN2O. The van der Waals surface area contributed by atoms with Gasteiger partial charge < -0.3 is 10.4 Å². The van der Waals surface area contributed by atoms with Gasteiger partial charge in [0, 0.05) is 32.7 Å². The smallest absolute Gasteiger partial charge is 0.145 e. The lowest BCUT2D eigenvalue weighted by atomic mass is 10.2. The van der Waals surface area contributed by atoms with Crippen LogP contribution in [0.4, 0.5) is 4.39 Å². The summed E-state index contributed by atoms with van der Waals surface area (Å²) in [5.74, 6) is -0.751. The molecule has 1 aromatic rings. The molecule has 1 aliphatic heterocycles. The fourth-order valence-electron chi connectivity index (χ4n) is 1.85. The third kappa shape index (κ3) is 2.64. The van der Waals surface area contributed by atoms with Crippen molar-refractivity contribution in [3.8, 4) is 5.75 Å². The third-order valence-corrected chi connectivity index (χ3v) is 3.06. The van der Waals surface area contributed by atoms with Crippen molar-refractivity contribution in [1.29, 1.82) is 0 Å². The van der Waals surface area contributed by atoms with Gasteiger partial charge in [-0.1, -0.05) is 11.6 Å². The van der Waals surface area contributed by atoms with Gasteiger partial charge in [-0.3, -0.25) is 4.90 Å². The van der Waals surface area contributed by atoms with E-state index in [-0.39, 0.29) is 10.8 Å². The summed E-state index contributed by atoms with van der Waals surface area (Å²) >= 11 is 5.54. The Morgan fingerprint density at radius 2 is 2.06 bits per heavy atom. The molecule has 0 aliphatic carbocycles. The third-order valence-electron chi connectivity index (χ3n) is 2.68. The Morgan fingerprint density at radius 3 is 2.69 bits per heavy atom. The number of benzene rings is 1. The SMILES string of the molecule is Oc1cc(CN2CCNCC2)cc(F)c1Cl. The molecule has 3 nitrogen and oxygen atoms in total. The van der Waals surface area contributed by atoms with Crippen LogP contribution < -0.4 is 5.32 Å². The van der Waals surface area contributed by atoms with Crippen LogP contribution in [0.15, 0.2) is 12.1 Å². The molecule has 1 heterocycles. The first kappa shape index (κ1) is 11.6. The number of halogens is 2. The average molecular weight is 245 g/mol. The zero-order valence-electron chi connectivity index (χ0n) is 8.84. The molecule has 1 aromatic carbocycles. The van der Waals surface area contributed by atoms with E-state index in [0.717, 1.165) is 31.7 Å². The van der Waals surface area contributed by atoms with Crippen LogP contribution in [-0.2, 0) is 6.54 Å². The second-order valence-electron chi connectivity index (χ2n) is 3.94. The Balaban J connectivity index is 2.09. The summed E-state index contributed by atoms with van der Waals surface area (Å²) in [7, 11) is 0.